The van der Waals surface area contributed by atoms with Crippen LogP contribution in [0, 0.1) is 11.8 Å². The monoisotopic (exact) mass is 290 g/mol. The maximum Gasteiger partial charge on any atom is 0.214 e. The lowest BCUT2D eigenvalue weighted by Crippen LogP contribution is -2.50. The van der Waals surface area contributed by atoms with E-state index in [-0.39, 0.29) is 0 Å². The number of piperidine rings is 1. The highest BCUT2D eigenvalue weighted by Crippen LogP contribution is 2.20. The van der Waals surface area contributed by atoms with E-state index in [1.165, 1.54) is 0 Å². The summed E-state index contributed by atoms with van der Waals surface area (Å²) in [5.41, 5.74) is 0. The van der Waals surface area contributed by atoms with Crippen molar-refractivity contribution < 1.29 is 8.42 Å². The van der Waals surface area contributed by atoms with Gasteiger partial charge in [-0.25, -0.2) is 12.7 Å². The van der Waals surface area contributed by atoms with Gasteiger partial charge in [-0.2, -0.15) is 0 Å². The first kappa shape index (κ1) is 16.9. The summed E-state index contributed by atoms with van der Waals surface area (Å²) in [6.07, 6.45) is 2.81. The van der Waals surface area contributed by atoms with Crippen LogP contribution in [0.1, 0.15) is 47.0 Å². The number of nitrogens with one attached hydrogen (secondary N) is 1. The second-order valence-electron chi connectivity index (χ2n) is 6.18. The lowest BCUT2D eigenvalue weighted by molar-refractivity contribution is 0.220. The zero-order valence-corrected chi connectivity index (χ0v) is 13.7. The second kappa shape index (κ2) is 7.60. The molecule has 4 nitrogen and oxygen atoms in total. The normalized spacial score (nSPS) is 25.9. The van der Waals surface area contributed by atoms with Gasteiger partial charge in [0.25, 0.3) is 0 Å². The molecule has 0 bridgehead atoms. The van der Waals surface area contributed by atoms with Crippen molar-refractivity contribution in [3.63, 3.8) is 0 Å². The molecular formula is C14H30N2O2S. The first-order valence-electron chi connectivity index (χ1n) is 7.58. The highest BCUT2D eigenvalue weighted by Gasteiger charge is 2.31. The van der Waals surface area contributed by atoms with E-state index in [1.807, 2.05) is 0 Å². The number of nitrogens with zero attached hydrogens (tertiary/aromatic N) is 1. The van der Waals surface area contributed by atoms with Crippen LogP contribution in [0.5, 0.6) is 0 Å². The summed E-state index contributed by atoms with van der Waals surface area (Å²) in [5.74, 6) is 1.13. The standard InChI is InChI=1S/C14H30N2O2S/c1-5-8-15-14-6-9-16(11-13(14)4)19(17,18)10-7-12(2)3/h12-15H,5-11H2,1-4H3. The topological polar surface area (TPSA) is 49.4 Å². The van der Waals surface area contributed by atoms with Crippen molar-refractivity contribution in [2.75, 3.05) is 25.4 Å². The smallest absolute Gasteiger partial charge is 0.214 e. The molecule has 1 saturated heterocycles. The average Bonchev–Trinajstić information content (AvgIpc) is 2.35. The summed E-state index contributed by atoms with van der Waals surface area (Å²) in [5, 5.41) is 3.52. The van der Waals surface area contributed by atoms with Crippen molar-refractivity contribution in [1.82, 2.24) is 9.62 Å². The first-order chi connectivity index (χ1) is 8.86. The predicted molar refractivity (Wildman–Crippen MR) is 80.7 cm³/mol. The van der Waals surface area contributed by atoms with E-state index in [0.29, 0.717) is 36.7 Å². The third-order valence-corrected chi connectivity index (χ3v) is 5.74. The van der Waals surface area contributed by atoms with Crippen LogP contribution < -0.4 is 5.32 Å². The fraction of sp³-hybridized carbons (Fsp3) is 1.00. The Labute approximate surface area is 119 Å². The quantitative estimate of drug-likeness (QED) is 0.781. The fourth-order valence-corrected chi connectivity index (χ4v) is 4.38. The SMILES string of the molecule is CCCNC1CCN(S(=O)(=O)CCC(C)C)CC1C. The molecule has 0 aromatic rings. The summed E-state index contributed by atoms with van der Waals surface area (Å²) >= 11 is 0. The number of hydrogen-bond acceptors (Lipinski definition) is 3. The van der Waals surface area contributed by atoms with E-state index in [1.54, 1.807) is 4.31 Å². The average molecular weight is 290 g/mol. The van der Waals surface area contributed by atoms with Gasteiger partial charge in [-0.3, -0.25) is 0 Å². The van der Waals surface area contributed by atoms with Gasteiger partial charge in [-0.1, -0.05) is 27.7 Å². The van der Waals surface area contributed by atoms with Crippen LogP contribution in [0.15, 0.2) is 0 Å². The molecule has 0 radical (unpaired) electrons. The molecular weight excluding hydrogens is 260 g/mol. The molecule has 0 saturated carbocycles. The molecule has 1 fully saturated rings. The first-order valence-corrected chi connectivity index (χ1v) is 9.19. The lowest BCUT2D eigenvalue weighted by Gasteiger charge is -2.36. The van der Waals surface area contributed by atoms with Gasteiger partial charge < -0.3 is 5.32 Å². The number of rotatable bonds is 7. The molecule has 1 N–H and O–H groups in total. The van der Waals surface area contributed by atoms with Gasteiger partial charge in [-0.15, -0.1) is 0 Å². The molecule has 1 heterocycles. The molecule has 0 amide bonds. The Morgan fingerprint density at radius 1 is 1.37 bits per heavy atom. The van der Waals surface area contributed by atoms with Crippen molar-refractivity contribution in [2.24, 2.45) is 11.8 Å². The zero-order valence-electron chi connectivity index (χ0n) is 12.9. The molecule has 1 aliphatic heterocycles. The number of sulfonamides is 1. The van der Waals surface area contributed by atoms with Crippen molar-refractivity contribution in [3.8, 4) is 0 Å². The van der Waals surface area contributed by atoms with E-state index in [2.05, 4.69) is 33.0 Å². The van der Waals surface area contributed by atoms with E-state index >= 15 is 0 Å². The van der Waals surface area contributed by atoms with E-state index in [0.717, 1.165) is 25.8 Å². The van der Waals surface area contributed by atoms with Crippen LogP contribution in [0.3, 0.4) is 0 Å². The molecule has 5 heteroatoms. The summed E-state index contributed by atoms with van der Waals surface area (Å²) in [4.78, 5) is 0. The Kier molecular flexibility index (Phi) is 6.77. The second-order valence-corrected chi connectivity index (χ2v) is 8.27. The maximum atomic E-state index is 12.3. The third kappa shape index (κ3) is 5.40. The summed E-state index contributed by atoms with van der Waals surface area (Å²) in [7, 11) is -3.05. The number of hydrogen-bond donors (Lipinski definition) is 1. The minimum absolute atomic E-state index is 0.296. The molecule has 0 aromatic heterocycles. The molecule has 2 atom stereocenters. The van der Waals surface area contributed by atoms with Gasteiger partial charge in [-0.05, 0) is 37.6 Å². The van der Waals surface area contributed by atoms with Crippen LogP contribution in [-0.4, -0.2) is 44.2 Å². The van der Waals surface area contributed by atoms with Gasteiger partial charge >= 0.3 is 0 Å². The van der Waals surface area contributed by atoms with Crippen molar-refractivity contribution in [2.45, 2.75) is 53.0 Å². The van der Waals surface area contributed by atoms with Crippen LogP contribution in [0.2, 0.25) is 0 Å². The summed E-state index contributed by atoms with van der Waals surface area (Å²) in [6.45, 7) is 10.8. The van der Waals surface area contributed by atoms with Crippen molar-refractivity contribution in [1.29, 1.82) is 0 Å². The molecule has 0 aliphatic carbocycles. The van der Waals surface area contributed by atoms with E-state index in [9.17, 15) is 8.42 Å². The van der Waals surface area contributed by atoms with Gasteiger partial charge in [0, 0.05) is 19.1 Å². The van der Waals surface area contributed by atoms with Crippen molar-refractivity contribution >= 4 is 10.0 Å². The van der Waals surface area contributed by atoms with Gasteiger partial charge in [0.15, 0.2) is 0 Å². The Balaban J connectivity index is 2.50. The molecule has 0 aromatic carbocycles. The van der Waals surface area contributed by atoms with Gasteiger partial charge in [0.05, 0.1) is 5.75 Å². The zero-order chi connectivity index (χ0) is 14.5. The molecule has 0 spiro atoms. The van der Waals surface area contributed by atoms with Crippen LogP contribution in [0.25, 0.3) is 0 Å². The Morgan fingerprint density at radius 3 is 2.58 bits per heavy atom. The minimum Gasteiger partial charge on any atom is -0.314 e. The molecule has 19 heavy (non-hydrogen) atoms. The minimum atomic E-state index is -3.05. The highest BCUT2D eigenvalue weighted by molar-refractivity contribution is 7.89. The molecule has 1 aliphatic rings. The molecule has 1 rings (SSSR count). The Hall–Kier alpha value is -0.130. The van der Waals surface area contributed by atoms with Crippen LogP contribution in [-0.2, 0) is 10.0 Å². The van der Waals surface area contributed by atoms with E-state index < -0.39 is 10.0 Å². The Bertz CT molecular complexity index is 354. The van der Waals surface area contributed by atoms with Gasteiger partial charge in [0.2, 0.25) is 10.0 Å². The van der Waals surface area contributed by atoms with Crippen LogP contribution >= 0.6 is 0 Å². The van der Waals surface area contributed by atoms with Crippen LogP contribution in [0.4, 0.5) is 0 Å². The largest absolute Gasteiger partial charge is 0.314 e. The maximum absolute atomic E-state index is 12.3. The highest BCUT2D eigenvalue weighted by atomic mass is 32.2. The van der Waals surface area contributed by atoms with Gasteiger partial charge in [0.1, 0.15) is 0 Å². The third-order valence-electron chi connectivity index (χ3n) is 3.87. The summed E-state index contributed by atoms with van der Waals surface area (Å²) < 4.78 is 26.2. The predicted octanol–water partition coefficient (Wildman–Crippen LogP) is 2.07. The molecule has 2 unspecified atom stereocenters. The van der Waals surface area contributed by atoms with Crippen molar-refractivity contribution in [3.05, 3.63) is 0 Å². The fourth-order valence-electron chi connectivity index (χ4n) is 2.51. The van der Waals surface area contributed by atoms with E-state index in [4.69, 9.17) is 0 Å². The summed E-state index contributed by atoms with van der Waals surface area (Å²) in [6, 6.07) is 0.469. The Morgan fingerprint density at radius 2 is 2.05 bits per heavy atom. The molecule has 114 valence electrons. The lowest BCUT2D eigenvalue weighted by atomic mass is 9.95.